The van der Waals surface area contributed by atoms with Crippen LogP contribution in [0.4, 0.5) is 26.3 Å². The van der Waals surface area contributed by atoms with Crippen molar-refractivity contribution in [3.8, 4) is 17.6 Å². The van der Waals surface area contributed by atoms with Gasteiger partial charge in [-0.05, 0) is 48.9 Å². The Bertz CT molecular complexity index is 808. The highest BCUT2D eigenvalue weighted by Crippen LogP contribution is 2.35. The molecule has 1 aromatic carbocycles. The van der Waals surface area contributed by atoms with Gasteiger partial charge >= 0.3 is 6.36 Å². The molecule has 0 saturated carbocycles. The smallest absolute Gasteiger partial charge is 0.406 e. The van der Waals surface area contributed by atoms with Gasteiger partial charge < -0.3 is 4.74 Å². The van der Waals surface area contributed by atoms with Crippen molar-refractivity contribution in [3.05, 3.63) is 65.5 Å². The van der Waals surface area contributed by atoms with Crippen LogP contribution in [-0.4, -0.2) is 18.2 Å². The first-order valence-corrected chi connectivity index (χ1v) is 8.12. The summed E-state index contributed by atoms with van der Waals surface area (Å²) in [6.07, 6.45) is -1.65. The van der Waals surface area contributed by atoms with Gasteiger partial charge in [0.05, 0.1) is 5.57 Å². The Morgan fingerprint density at radius 3 is 2.44 bits per heavy atom. The van der Waals surface area contributed by atoms with E-state index in [2.05, 4.69) is 16.6 Å². The Morgan fingerprint density at radius 1 is 1.19 bits per heavy atom. The molecule has 0 bridgehead atoms. The van der Waals surface area contributed by atoms with Crippen LogP contribution in [0.1, 0.15) is 25.3 Å². The van der Waals surface area contributed by atoms with Gasteiger partial charge in [-0.3, -0.25) is 0 Å². The molecule has 1 aliphatic carbocycles. The second-order valence-electron chi connectivity index (χ2n) is 5.80. The van der Waals surface area contributed by atoms with Gasteiger partial charge in [0.1, 0.15) is 5.75 Å². The molecule has 0 aliphatic heterocycles. The van der Waals surface area contributed by atoms with Crippen LogP contribution in [-0.2, 0) is 0 Å². The number of hydrogen-bond donors (Lipinski definition) is 0. The predicted octanol–water partition coefficient (Wildman–Crippen LogP) is 6.13. The number of allylic oxidation sites excluding steroid dienone is 6. The van der Waals surface area contributed by atoms with Crippen LogP contribution >= 0.6 is 0 Å². The predicted molar refractivity (Wildman–Crippen MR) is 90.1 cm³/mol. The minimum atomic E-state index is -4.81. The lowest BCUT2D eigenvalue weighted by Crippen LogP contribution is -2.33. The van der Waals surface area contributed by atoms with Crippen LogP contribution < -0.4 is 4.74 Å². The summed E-state index contributed by atoms with van der Waals surface area (Å²) in [5, 5.41) is 0. The number of benzene rings is 1. The summed E-state index contributed by atoms with van der Waals surface area (Å²) in [4.78, 5) is 0. The summed E-state index contributed by atoms with van der Waals surface area (Å²) in [7, 11) is 0. The fourth-order valence-electron chi connectivity index (χ4n) is 2.26. The first-order valence-electron chi connectivity index (χ1n) is 8.12. The van der Waals surface area contributed by atoms with Gasteiger partial charge in [-0.1, -0.05) is 31.3 Å². The van der Waals surface area contributed by atoms with Gasteiger partial charge in [0.15, 0.2) is 17.7 Å². The molecule has 7 heteroatoms. The molecule has 27 heavy (non-hydrogen) atoms. The Balaban J connectivity index is 2.15. The van der Waals surface area contributed by atoms with E-state index in [1.54, 1.807) is 0 Å². The van der Waals surface area contributed by atoms with Gasteiger partial charge in [0, 0.05) is 5.56 Å². The Kier molecular flexibility index (Phi) is 6.42. The summed E-state index contributed by atoms with van der Waals surface area (Å²) in [6, 6.07) is 4.56. The monoisotopic (exact) mass is 386 g/mol. The molecule has 144 valence electrons. The van der Waals surface area contributed by atoms with Crippen LogP contribution in [0.5, 0.6) is 5.75 Å². The lowest BCUT2D eigenvalue weighted by atomic mass is 9.90. The van der Waals surface area contributed by atoms with Crippen molar-refractivity contribution in [1.82, 2.24) is 0 Å². The van der Waals surface area contributed by atoms with E-state index in [1.807, 2.05) is 6.92 Å². The largest absolute Gasteiger partial charge is 0.573 e. The number of unbranched alkanes of at least 4 members (excludes halogenated alkanes) is 1. The van der Waals surface area contributed by atoms with Crippen molar-refractivity contribution < 1.29 is 31.1 Å². The van der Waals surface area contributed by atoms with E-state index in [0.717, 1.165) is 36.8 Å². The molecule has 0 saturated heterocycles. The molecule has 2 atom stereocenters. The molecule has 1 aromatic rings. The number of hydrogen-bond acceptors (Lipinski definition) is 1. The second-order valence-corrected chi connectivity index (χ2v) is 5.80. The van der Waals surface area contributed by atoms with E-state index < -0.39 is 29.8 Å². The zero-order valence-corrected chi connectivity index (χ0v) is 14.3. The van der Waals surface area contributed by atoms with Crippen LogP contribution in [0.15, 0.2) is 60.0 Å². The molecule has 1 aliphatic rings. The third kappa shape index (κ3) is 5.68. The number of halogens is 6. The molecule has 0 radical (unpaired) electrons. The highest BCUT2D eigenvalue weighted by molar-refractivity contribution is 5.51. The fourth-order valence-corrected chi connectivity index (χ4v) is 2.26. The third-order valence-electron chi connectivity index (χ3n) is 3.63. The SMILES string of the molecule is CCC/C=C/C1(F)C=CC(C#Cc2ccc(OC(F)(F)F)cc2)=C(F)C1F. The van der Waals surface area contributed by atoms with Crippen molar-refractivity contribution in [2.24, 2.45) is 0 Å². The Hall–Kier alpha value is -2.62. The molecule has 2 rings (SSSR count). The average molecular weight is 386 g/mol. The highest BCUT2D eigenvalue weighted by Gasteiger charge is 2.41. The first kappa shape index (κ1) is 20.7. The van der Waals surface area contributed by atoms with E-state index in [1.165, 1.54) is 18.2 Å². The molecule has 0 fully saturated rings. The second kappa shape index (κ2) is 8.38. The molecular weight excluding hydrogens is 370 g/mol. The number of rotatable bonds is 4. The normalized spacial score (nSPS) is 22.7. The topological polar surface area (TPSA) is 9.23 Å². The average Bonchev–Trinajstić information content (AvgIpc) is 2.60. The maximum absolute atomic E-state index is 14.5. The van der Waals surface area contributed by atoms with Crippen molar-refractivity contribution in [2.45, 2.75) is 38.0 Å². The van der Waals surface area contributed by atoms with E-state index in [-0.39, 0.29) is 11.1 Å². The Labute approximate surface area is 153 Å². The summed E-state index contributed by atoms with van der Waals surface area (Å²) in [5.41, 5.74) is -2.63. The Morgan fingerprint density at radius 2 is 1.85 bits per heavy atom. The quantitative estimate of drug-likeness (QED) is 0.343. The van der Waals surface area contributed by atoms with Crippen molar-refractivity contribution in [2.75, 3.05) is 0 Å². The molecule has 0 aromatic heterocycles. The van der Waals surface area contributed by atoms with E-state index >= 15 is 0 Å². The maximum Gasteiger partial charge on any atom is 0.573 e. The molecule has 2 unspecified atom stereocenters. The van der Waals surface area contributed by atoms with Crippen LogP contribution in [0.3, 0.4) is 0 Å². The third-order valence-corrected chi connectivity index (χ3v) is 3.63. The summed E-state index contributed by atoms with van der Waals surface area (Å²) in [6.45, 7) is 1.87. The lowest BCUT2D eigenvalue weighted by Gasteiger charge is -2.24. The lowest BCUT2D eigenvalue weighted by molar-refractivity contribution is -0.274. The standard InChI is InChI=1S/C20H16F6O/c1-2-3-4-12-19(23)13-11-15(17(21)18(19)22)8-5-14-6-9-16(10-7-14)27-20(24,25)26/h4,6-7,9-13,18H,2-3H2,1H3/b12-4+. The molecule has 0 N–H and O–H groups in total. The fraction of sp³-hybridized carbons (Fsp3) is 0.300. The zero-order chi connectivity index (χ0) is 20.1. The minimum Gasteiger partial charge on any atom is -0.406 e. The van der Waals surface area contributed by atoms with E-state index in [0.29, 0.717) is 6.42 Å². The van der Waals surface area contributed by atoms with E-state index in [9.17, 15) is 26.3 Å². The van der Waals surface area contributed by atoms with Gasteiger partial charge in [0.25, 0.3) is 0 Å². The highest BCUT2D eigenvalue weighted by atomic mass is 19.4. The van der Waals surface area contributed by atoms with Crippen LogP contribution in [0, 0.1) is 11.8 Å². The molecule has 0 heterocycles. The number of alkyl halides is 5. The van der Waals surface area contributed by atoms with Gasteiger partial charge in [-0.25, -0.2) is 13.2 Å². The molecule has 1 nitrogen and oxygen atoms in total. The molecule has 0 spiro atoms. The molecular formula is C20H16F6O. The zero-order valence-electron chi connectivity index (χ0n) is 14.3. The van der Waals surface area contributed by atoms with Gasteiger partial charge in [-0.15, -0.1) is 13.2 Å². The maximum atomic E-state index is 14.5. The van der Waals surface area contributed by atoms with E-state index in [4.69, 9.17) is 0 Å². The van der Waals surface area contributed by atoms with Crippen molar-refractivity contribution >= 4 is 0 Å². The molecule has 0 amide bonds. The summed E-state index contributed by atoms with van der Waals surface area (Å²) in [5.74, 6) is 3.10. The van der Waals surface area contributed by atoms with Gasteiger partial charge in [0.2, 0.25) is 0 Å². The minimum absolute atomic E-state index is 0.258. The summed E-state index contributed by atoms with van der Waals surface area (Å²) < 4.78 is 82.8. The first-order chi connectivity index (χ1) is 12.6. The van der Waals surface area contributed by atoms with Crippen LogP contribution in [0.2, 0.25) is 0 Å². The summed E-state index contributed by atoms with van der Waals surface area (Å²) >= 11 is 0. The van der Waals surface area contributed by atoms with Crippen molar-refractivity contribution in [1.29, 1.82) is 0 Å². The van der Waals surface area contributed by atoms with Crippen molar-refractivity contribution in [3.63, 3.8) is 0 Å². The number of ether oxygens (including phenoxy) is 1. The van der Waals surface area contributed by atoms with Crippen LogP contribution in [0.25, 0.3) is 0 Å². The van der Waals surface area contributed by atoms with Gasteiger partial charge in [-0.2, -0.15) is 0 Å².